The van der Waals surface area contributed by atoms with Gasteiger partial charge in [0.1, 0.15) is 15.1 Å². The van der Waals surface area contributed by atoms with Crippen molar-refractivity contribution in [1.82, 2.24) is 0 Å². The second-order valence-electron chi connectivity index (χ2n) is 2.50. The normalized spacial score (nSPS) is 20.7. The number of allylic oxidation sites excluding steroid dienone is 1. The second-order valence-corrected chi connectivity index (χ2v) is 3.63. The highest BCUT2D eigenvalue weighted by molar-refractivity contribution is 6.45. The van der Waals surface area contributed by atoms with E-state index in [1.54, 1.807) is 0 Å². The van der Waals surface area contributed by atoms with Crippen molar-refractivity contribution in [2.45, 2.75) is 5.79 Å². The van der Waals surface area contributed by atoms with Gasteiger partial charge in [-0.25, -0.2) is 0 Å². The van der Waals surface area contributed by atoms with E-state index in [0.29, 0.717) is 0 Å². The van der Waals surface area contributed by atoms with Crippen LogP contribution in [0.2, 0.25) is 0 Å². The van der Waals surface area contributed by atoms with Crippen molar-refractivity contribution in [2.75, 3.05) is 21.3 Å². The number of halogens is 3. The van der Waals surface area contributed by atoms with Crippen LogP contribution in [0.3, 0.4) is 0 Å². The molecule has 0 saturated carbocycles. The zero-order chi connectivity index (χ0) is 10.9. The van der Waals surface area contributed by atoms with Crippen LogP contribution in [-0.4, -0.2) is 27.1 Å². The maximum atomic E-state index is 5.99. The lowest BCUT2D eigenvalue weighted by atomic mass is 10.3. The maximum absolute atomic E-state index is 5.99. The molecule has 0 N–H and O–H groups in total. The van der Waals surface area contributed by atoms with Crippen molar-refractivity contribution in [3.63, 3.8) is 0 Å². The molecule has 0 fully saturated rings. The first-order valence-corrected chi connectivity index (χ1v) is 4.79. The van der Waals surface area contributed by atoms with Gasteiger partial charge in [-0.2, -0.15) is 0 Å². The monoisotopic (exact) mass is 258 g/mol. The van der Waals surface area contributed by atoms with E-state index in [1.165, 1.54) is 21.3 Å². The molecule has 0 saturated heterocycles. The first-order valence-electron chi connectivity index (χ1n) is 3.65. The van der Waals surface area contributed by atoms with Crippen LogP contribution in [-0.2, 0) is 14.2 Å². The molecular weight excluding hydrogens is 250 g/mol. The van der Waals surface area contributed by atoms with Gasteiger partial charge in [-0.1, -0.05) is 34.8 Å². The third-order valence-electron chi connectivity index (χ3n) is 1.95. The molecule has 1 aliphatic carbocycles. The Kier molecular flexibility index (Phi) is 3.72. The minimum atomic E-state index is -1.33. The van der Waals surface area contributed by atoms with Gasteiger partial charge in [-0.05, 0) is 0 Å². The smallest absolute Gasteiger partial charge is 0.249 e. The molecule has 0 aromatic heterocycles. The van der Waals surface area contributed by atoms with Gasteiger partial charge >= 0.3 is 0 Å². The van der Waals surface area contributed by atoms with Gasteiger partial charge < -0.3 is 14.2 Å². The van der Waals surface area contributed by atoms with Gasteiger partial charge in [0.15, 0.2) is 5.76 Å². The van der Waals surface area contributed by atoms with Crippen molar-refractivity contribution >= 4 is 34.8 Å². The van der Waals surface area contributed by atoms with Crippen LogP contribution in [0.1, 0.15) is 0 Å². The Hall–Kier alpha value is 0.0700. The summed E-state index contributed by atoms with van der Waals surface area (Å²) in [5.41, 5.74) is 0. The highest BCUT2D eigenvalue weighted by Gasteiger charge is 2.48. The lowest BCUT2D eigenvalue weighted by Crippen LogP contribution is -2.33. The molecule has 3 nitrogen and oxygen atoms in total. The molecule has 0 unspecified atom stereocenters. The molecule has 1 aliphatic rings. The predicted molar refractivity (Wildman–Crippen MR) is 55.4 cm³/mol. The van der Waals surface area contributed by atoms with Crippen molar-refractivity contribution in [2.24, 2.45) is 0 Å². The van der Waals surface area contributed by atoms with Crippen LogP contribution < -0.4 is 0 Å². The van der Waals surface area contributed by atoms with E-state index in [0.717, 1.165) is 0 Å². The number of hydrogen-bond donors (Lipinski definition) is 0. The second kappa shape index (κ2) is 4.29. The van der Waals surface area contributed by atoms with E-state index in [1.807, 2.05) is 0 Å². The molecule has 0 heterocycles. The highest BCUT2D eigenvalue weighted by Crippen LogP contribution is 2.48. The molecule has 0 aliphatic heterocycles. The van der Waals surface area contributed by atoms with Crippen LogP contribution in [0.5, 0.6) is 0 Å². The summed E-state index contributed by atoms with van der Waals surface area (Å²) in [5, 5.41) is 0.536. The van der Waals surface area contributed by atoms with E-state index in [9.17, 15) is 0 Å². The Morgan fingerprint density at radius 1 is 0.929 bits per heavy atom. The van der Waals surface area contributed by atoms with Gasteiger partial charge in [0.2, 0.25) is 5.79 Å². The molecule has 0 aromatic carbocycles. The largest absolute Gasteiger partial charge is 0.494 e. The lowest BCUT2D eigenvalue weighted by molar-refractivity contribution is -0.139. The van der Waals surface area contributed by atoms with Gasteiger partial charge in [0, 0.05) is 14.2 Å². The van der Waals surface area contributed by atoms with E-state index in [2.05, 4.69) is 0 Å². The molecule has 80 valence electrons. The minimum Gasteiger partial charge on any atom is -0.494 e. The predicted octanol–water partition coefficient (Wildman–Crippen LogP) is 2.78. The van der Waals surface area contributed by atoms with E-state index < -0.39 is 5.79 Å². The van der Waals surface area contributed by atoms with Crippen molar-refractivity contribution < 1.29 is 14.2 Å². The van der Waals surface area contributed by atoms with Gasteiger partial charge in [0.05, 0.1) is 7.11 Å². The van der Waals surface area contributed by atoms with Crippen LogP contribution in [0.15, 0.2) is 20.9 Å². The maximum Gasteiger partial charge on any atom is 0.249 e. The van der Waals surface area contributed by atoms with Crippen LogP contribution in [0.4, 0.5) is 0 Å². The number of methoxy groups -OCH3 is 3. The molecular formula is C8H9Cl3O3. The molecule has 1 rings (SSSR count). The molecule has 0 radical (unpaired) electrons. The summed E-state index contributed by atoms with van der Waals surface area (Å²) < 4.78 is 15.2. The molecule has 0 spiro atoms. The third kappa shape index (κ3) is 1.44. The minimum absolute atomic E-state index is 0.158. The summed E-state index contributed by atoms with van der Waals surface area (Å²) in [6, 6.07) is 0. The quantitative estimate of drug-likeness (QED) is 0.730. The molecule has 0 amide bonds. The molecule has 14 heavy (non-hydrogen) atoms. The molecule has 0 aromatic rings. The summed E-state index contributed by atoms with van der Waals surface area (Å²) in [7, 11) is 4.26. The van der Waals surface area contributed by atoms with Crippen LogP contribution >= 0.6 is 34.8 Å². The van der Waals surface area contributed by atoms with Crippen molar-refractivity contribution in [3.8, 4) is 0 Å². The Morgan fingerprint density at radius 2 is 1.43 bits per heavy atom. The average molecular weight is 260 g/mol. The molecule has 0 bridgehead atoms. The van der Waals surface area contributed by atoms with Crippen LogP contribution in [0, 0.1) is 0 Å². The van der Waals surface area contributed by atoms with E-state index >= 15 is 0 Å². The van der Waals surface area contributed by atoms with E-state index in [4.69, 9.17) is 49.0 Å². The summed E-state index contributed by atoms with van der Waals surface area (Å²) in [6.45, 7) is 0. The van der Waals surface area contributed by atoms with Crippen molar-refractivity contribution in [3.05, 3.63) is 20.9 Å². The third-order valence-corrected chi connectivity index (χ3v) is 3.26. The zero-order valence-corrected chi connectivity index (χ0v) is 10.1. The Labute approximate surface area is 97.2 Å². The van der Waals surface area contributed by atoms with Gasteiger partial charge in [-0.15, -0.1) is 0 Å². The first kappa shape index (κ1) is 12.1. The fourth-order valence-electron chi connectivity index (χ4n) is 1.21. The fourth-order valence-corrected chi connectivity index (χ4v) is 2.36. The Morgan fingerprint density at radius 3 is 1.64 bits per heavy atom. The zero-order valence-electron chi connectivity index (χ0n) is 7.86. The highest BCUT2D eigenvalue weighted by atomic mass is 35.5. The number of hydrogen-bond acceptors (Lipinski definition) is 3. The number of rotatable bonds is 3. The summed E-state index contributed by atoms with van der Waals surface area (Å²) in [5.74, 6) is -1.06. The Bertz CT molecular complexity index is 305. The summed E-state index contributed by atoms with van der Waals surface area (Å²) >= 11 is 17.8. The topological polar surface area (TPSA) is 27.7 Å². The average Bonchev–Trinajstić information content (AvgIpc) is 2.37. The fraction of sp³-hybridized carbons (Fsp3) is 0.500. The van der Waals surface area contributed by atoms with Crippen LogP contribution in [0.25, 0.3) is 0 Å². The lowest BCUT2D eigenvalue weighted by Gasteiger charge is -2.26. The van der Waals surface area contributed by atoms with Gasteiger partial charge in [-0.3, -0.25) is 0 Å². The summed E-state index contributed by atoms with van der Waals surface area (Å²) in [6.07, 6.45) is 0. The van der Waals surface area contributed by atoms with E-state index in [-0.39, 0.29) is 20.9 Å². The SMILES string of the molecule is COC1=C(Cl)C(OC)(OC)C(Cl)=C1Cl. The number of ether oxygens (including phenoxy) is 3. The standard InChI is InChI=1S/C8H9Cl3O3/c1-12-5-4(9)6(10)8(13-2,14-3)7(5)11/h1-3H3. The Balaban J connectivity index is 3.30. The van der Waals surface area contributed by atoms with Gasteiger partial charge in [0.25, 0.3) is 0 Å². The first-order chi connectivity index (χ1) is 6.55. The van der Waals surface area contributed by atoms with Crippen molar-refractivity contribution in [1.29, 1.82) is 0 Å². The molecule has 6 heteroatoms. The molecule has 0 atom stereocenters. The summed E-state index contributed by atoms with van der Waals surface area (Å²) in [4.78, 5) is 0.